The van der Waals surface area contributed by atoms with E-state index in [1.165, 1.54) is 0 Å². The maximum Gasteiger partial charge on any atom is 0.257 e. The smallest absolute Gasteiger partial charge is 0.257 e. The van der Waals surface area contributed by atoms with Gasteiger partial charge in [-0.25, -0.2) is 0 Å². The van der Waals surface area contributed by atoms with Crippen molar-refractivity contribution in [2.24, 2.45) is 0 Å². The minimum Gasteiger partial charge on any atom is -0.496 e. The van der Waals surface area contributed by atoms with Gasteiger partial charge in [0, 0.05) is 11.3 Å². The molecule has 0 unspecified atom stereocenters. The molecule has 3 rings (SSSR count). The van der Waals surface area contributed by atoms with Crippen LogP contribution < -0.4 is 20.1 Å². The van der Waals surface area contributed by atoms with Gasteiger partial charge in [0.1, 0.15) is 29.6 Å². The van der Waals surface area contributed by atoms with Crippen molar-refractivity contribution in [2.75, 3.05) is 19.0 Å². The lowest BCUT2D eigenvalue weighted by Gasteiger charge is -2.13. The van der Waals surface area contributed by atoms with Gasteiger partial charge in [0.25, 0.3) is 5.91 Å². The number of aliphatic hydroxyl groups is 1. The van der Waals surface area contributed by atoms with Crippen LogP contribution in [0.1, 0.15) is 23.0 Å². The Balaban J connectivity index is 1.72. The van der Waals surface area contributed by atoms with Gasteiger partial charge in [-0.05, 0) is 67.7 Å². The molecule has 0 aliphatic carbocycles. The number of hydrogen-bond donors (Lipinski definition) is 3. The first-order valence-corrected chi connectivity index (χ1v) is 9.68. The molecule has 156 valence electrons. The summed E-state index contributed by atoms with van der Waals surface area (Å²) in [6.07, 6.45) is 0. The molecule has 0 fully saturated rings. The van der Waals surface area contributed by atoms with Gasteiger partial charge >= 0.3 is 0 Å². The summed E-state index contributed by atoms with van der Waals surface area (Å²) in [7, 11) is 1.56. The van der Waals surface area contributed by atoms with Crippen LogP contribution in [0.15, 0.2) is 59.0 Å². The third-order valence-electron chi connectivity index (χ3n) is 4.17. The molecule has 8 heteroatoms. The first kappa shape index (κ1) is 21.4. The second kappa shape index (κ2) is 9.91. The standard InChI is InChI=1S/C22H22N2O5S/c1-3-28-16-6-4-5-14(11-16)21(26)24-22(30)23-15-7-9-19(27-2)18(12-15)20-10-8-17(13-25)29-20/h4-12,25H,3,13H2,1-2H3,(H2,23,24,26,30). The molecule has 0 saturated heterocycles. The molecule has 1 amide bonds. The molecule has 3 aromatic rings. The van der Waals surface area contributed by atoms with E-state index in [4.69, 9.17) is 26.1 Å². The molecular weight excluding hydrogens is 404 g/mol. The molecule has 2 aromatic carbocycles. The maximum absolute atomic E-state index is 12.5. The van der Waals surface area contributed by atoms with E-state index in [-0.39, 0.29) is 17.6 Å². The van der Waals surface area contributed by atoms with Crippen LogP contribution in [-0.2, 0) is 6.61 Å². The maximum atomic E-state index is 12.5. The van der Waals surface area contributed by atoms with Crippen LogP contribution >= 0.6 is 12.2 Å². The van der Waals surface area contributed by atoms with Gasteiger partial charge in [-0.1, -0.05) is 6.07 Å². The highest BCUT2D eigenvalue weighted by atomic mass is 32.1. The van der Waals surface area contributed by atoms with Gasteiger partial charge in [-0.15, -0.1) is 0 Å². The van der Waals surface area contributed by atoms with Crippen LogP contribution in [0.4, 0.5) is 5.69 Å². The summed E-state index contributed by atoms with van der Waals surface area (Å²) >= 11 is 5.28. The number of amides is 1. The normalized spacial score (nSPS) is 10.4. The topological polar surface area (TPSA) is 93.0 Å². The van der Waals surface area contributed by atoms with Gasteiger partial charge < -0.3 is 24.3 Å². The predicted molar refractivity (Wildman–Crippen MR) is 118 cm³/mol. The van der Waals surface area contributed by atoms with Crippen LogP contribution in [-0.4, -0.2) is 29.8 Å². The van der Waals surface area contributed by atoms with E-state index >= 15 is 0 Å². The number of rotatable bonds is 7. The zero-order valence-corrected chi connectivity index (χ0v) is 17.4. The van der Waals surface area contributed by atoms with Crippen molar-refractivity contribution in [1.29, 1.82) is 0 Å². The molecule has 0 radical (unpaired) electrons. The zero-order chi connectivity index (χ0) is 21.5. The average Bonchev–Trinajstić information content (AvgIpc) is 3.23. The van der Waals surface area contributed by atoms with Crippen LogP contribution in [0.25, 0.3) is 11.3 Å². The summed E-state index contributed by atoms with van der Waals surface area (Å²) in [4.78, 5) is 12.5. The Morgan fingerprint density at radius 1 is 1.17 bits per heavy atom. The Morgan fingerprint density at radius 3 is 2.70 bits per heavy atom. The monoisotopic (exact) mass is 426 g/mol. The number of furan rings is 1. The summed E-state index contributed by atoms with van der Waals surface area (Å²) in [5.74, 6) is 1.86. The number of anilines is 1. The van der Waals surface area contributed by atoms with E-state index in [9.17, 15) is 9.90 Å². The number of aliphatic hydroxyl groups excluding tert-OH is 1. The van der Waals surface area contributed by atoms with Gasteiger partial charge in [-0.2, -0.15) is 0 Å². The molecule has 0 aliphatic rings. The molecule has 0 bridgehead atoms. The first-order chi connectivity index (χ1) is 14.5. The molecule has 1 aromatic heterocycles. The summed E-state index contributed by atoms with van der Waals surface area (Å²) in [5, 5.41) is 15.0. The number of methoxy groups -OCH3 is 1. The van der Waals surface area contributed by atoms with E-state index in [1.54, 1.807) is 61.7 Å². The quantitative estimate of drug-likeness (QED) is 0.492. The van der Waals surface area contributed by atoms with Crippen LogP contribution in [0, 0.1) is 0 Å². The van der Waals surface area contributed by atoms with Crippen LogP contribution in [0.2, 0.25) is 0 Å². The number of carbonyl (C=O) groups is 1. The van der Waals surface area contributed by atoms with Crippen molar-refractivity contribution >= 4 is 28.9 Å². The summed E-state index contributed by atoms with van der Waals surface area (Å²) in [6, 6.07) is 15.6. The highest BCUT2D eigenvalue weighted by molar-refractivity contribution is 7.80. The summed E-state index contributed by atoms with van der Waals surface area (Å²) < 4.78 is 16.4. The SMILES string of the molecule is CCOc1cccc(C(=O)NC(=S)Nc2ccc(OC)c(-c3ccc(CO)o3)c2)c1. The average molecular weight is 426 g/mol. The second-order valence-electron chi connectivity index (χ2n) is 6.21. The Morgan fingerprint density at radius 2 is 2.00 bits per heavy atom. The van der Waals surface area contributed by atoms with Crippen molar-refractivity contribution in [1.82, 2.24) is 5.32 Å². The van der Waals surface area contributed by atoms with E-state index in [0.717, 1.165) is 0 Å². The Bertz CT molecular complexity index is 1050. The largest absolute Gasteiger partial charge is 0.496 e. The van der Waals surface area contributed by atoms with Crippen LogP contribution in [0.5, 0.6) is 11.5 Å². The molecule has 0 aliphatic heterocycles. The second-order valence-corrected chi connectivity index (χ2v) is 6.62. The highest BCUT2D eigenvalue weighted by Crippen LogP contribution is 2.33. The third kappa shape index (κ3) is 5.16. The molecule has 30 heavy (non-hydrogen) atoms. The zero-order valence-electron chi connectivity index (χ0n) is 16.6. The lowest BCUT2D eigenvalue weighted by molar-refractivity contribution is 0.0977. The van der Waals surface area contributed by atoms with Gasteiger partial charge in [-0.3, -0.25) is 10.1 Å². The third-order valence-corrected chi connectivity index (χ3v) is 4.38. The first-order valence-electron chi connectivity index (χ1n) is 9.27. The predicted octanol–water partition coefficient (Wildman–Crippen LogP) is 3.97. The fraction of sp³-hybridized carbons (Fsp3) is 0.182. The fourth-order valence-corrected chi connectivity index (χ4v) is 3.03. The number of nitrogens with one attached hydrogen (secondary N) is 2. The van der Waals surface area contributed by atoms with Crippen molar-refractivity contribution in [2.45, 2.75) is 13.5 Å². The number of ether oxygens (including phenoxy) is 2. The molecule has 3 N–H and O–H groups in total. The molecular formula is C22H22N2O5S. The van der Waals surface area contributed by atoms with Crippen molar-refractivity contribution in [3.63, 3.8) is 0 Å². The lowest BCUT2D eigenvalue weighted by Crippen LogP contribution is -2.34. The molecule has 0 saturated carbocycles. The van der Waals surface area contributed by atoms with Crippen LogP contribution in [0.3, 0.4) is 0 Å². The van der Waals surface area contributed by atoms with Crippen molar-refractivity contribution in [3.8, 4) is 22.8 Å². The minimum atomic E-state index is -0.346. The van der Waals surface area contributed by atoms with E-state index < -0.39 is 0 Å². The van der Waals surface area contributed by atoms with Crippen molar-refractivity contribution < 1.29 is 23.8 Å². The molecule has 0 atom stereocenters. The Labute approximate surface area is 179 Å². The summed E-state index contributed by atoms with van der Waals surface area (Å²) in [6.45, 7) is 2.20. The molecule has 7 nitrogen and oxygen atoms in total. The van der Waals surface area contributed by atoms with E-state index in [1.807, 2.05) is 6.92 Å². The minimum absolute atomic E-state index is 0.147. The van der Waals surface area contributed by atoms with Gasteiger partial charge in [0.2, 0.25) is 0 Å². The lowest BCUT2D eigenvalue weighted by atomic mass is 10.1. The van der Waals surface area contributed by atoms with E-state index in [2.05, 4.69) is 10.6 Å². The van der Waals surface area contributed by atoms with Crippen molar-refractivity contribution in [3.05, 3.63) is 65.9 Å². The van der Waals surface area contributed by atoms with Gasteiger partial charge in [0.15, 0.2) is 5.11 Å². The Kier molecular flexibility index (Phi) is 7.05. The number of hydrogen-bond acceptors (Lipinski definition) is 6. The van der Waals surface area contributed by atoms with Gasteiger partial charge in [0.05, 0.1) is 19.3 Å². The number of benzene rings is 2. The highest BCUT2D eigenvalue weighted by Gasteiger charge is 2.13. The summed E-state index contributed by atoms with van der Waals surface area (Å²) in [5.41, 5.74) is 1.76. The number of thiocarbonyl (C=S) groups is 1. The molecule has 1 heterocycles. The van der Waals surface area contributed by atoms with E-state index in [0.29, 0.717) is 46.4 Å². The number of carbonyl (C=O) groups excluding carboxylic acids is 1. The Hall–Kier alpha value is -3.36. The molecule has 0 spiro atoms. The fourth-order valence-electron chi connectivity index (χ4n) is 2.82.